The summed E-state index contributed by atoms with van der Waals surface area (Å²) in [4.78, 5) is 23.4. The summed E-state index contributed by atoms with van der Waals surface area (Å²) >= 11 is 0. The van der Waals surface area contributed by atoms with Gasteiger partial charge in [-0.2, -0.15) is 5.26 Å². The first-order valence-electron chi connectivity index (χ1n) is 6.70. The molecule has 7 heteroatoms. The minimum absolute atomic E-state index is 0.0445. The first kappa shape index (κ1) is 14.8. The van der Waals surface area contributed by atoms with Crippen molar-refractivity contribution in [2.45, 2.75) is 31.7 Å². The fraction of sp³-hybridized carbons (Fsp3) is 0.429. The van der Waals surface area contributed by atoms with Crippen molar-refractivity contribution in [3.8, 4) is 6.07 Å². The minimum Gasteiger partial charge on any atom is -0.481 e. The molecule has 1 aromatic carbocycles. The maximum Gasteiger partial charge on any atom is 0.305 e. The van der Waals surface area contributed by atoms with E-state index in [1.807, 2.05) is 6.07 Å². The molecule has 0 radical (unpaired) electrons. The van der Waals surface area contributed by atoms with E-state index in [4.69, 9.17) is 10.4 Å². The molecule has 1 aromatic rings. The van der Waals surface area contributed by atoms with Crippen molar-refractivity contribution in [2.75, 3.05) is 11.4 Å². The first-order chi connectivity index (χ1) is 10.0. The van der Waals surface area contributed by atoms with Gasteiger partial charge in [0, 0.05) is 18.7 Å². The summed E-state index contributed by atoms with van der Waals surface area (Å²) in [6.45, 7) is 0.588. The summed E-state index contributed by atoms with van der Waals surface area (Å²) in [7, 11) is 0. The summed E-state index contributed by atoms with van der Waals surface area (Å²) in [5.74, 6) is -0.914. The fourth-order valence-electron chi connectivity index (χ4n) is 2.71. The number of nitrogens with zero attached hydrogens (tertiary/aromatic N) is 3. The van der Waals surface area contributed by atoms with E-state index in [0.717, 1.165) is 12.8 Å². The Morgan fingerprint density at radius 3 is 2.90 bits per heavy atom. The number of carbonyl (C=O) groups is 1. The van der Waals surface area contributed by atoms with E-state index in [1.165, 1.54) is 18.2 Å². The Kier molecular flexibility index (Phi) is 4.38. The van der Waals surface area contributed by atoms with Gasteiger partial charge in [0.25, 0.3) is 5.69 Å². The lowest BCUT2D eigenvalue weighted by molar-refractivity contribution is -0.384. The van der Waals surface area contributed by atoms with Crippen molar-refractivity contribution in [2.24, 2.45) is 0 Å². The zero-order valence-corrected chi connectivity index (χ0v) is 11.4. The number of hydrogen-bond donors (Lipinski definition) is 1. The number of piperidine rings is 1. The highest BCUT2D eigenvalue weighted by atomic mass is 16.6. The summed E-state index contributed by atoms with van der Waals surface area (Å²) in [6.07, 6.45) is 2.44. The van der Waals surface area contributed by atoms with Crippen LogP contribution in [0.2, 0.25) is 0 Å². The minimum atomic E-state index is -0.914. The van der Waals surface area contributed by atoms with Gasteiger partial charge in [-0.3, -0.25) is 14.9 Å². The number of aliphatic carboxylic acids is 1. The standard InChI is InChI=1S/C14H15N3O4/c15-9-10-4-5-12(13(7-10)17(20)21)16-6-2-1-3-11(16)8-14(18)19/h4-5,7,11H,1-3,6,8H2,(H,18,19). The number of nitriles is 1. The highest BCUT2D eigenvalue weighted by Crippen LogP contribution is 2.34. The Labute approximate surface area is 121 Å². The molecule has 1 saturated heterocycles. The lowest BCUT2D eigenvalue weighted by atomic mass is 9.98. The number of rotatable bonds is 4. The van der Waals surface area contributed by atoms with Crippen LogP contribution in [0.3, 0.4) is 0 Å². The number of nitro groups is 1. The van der Waals surface area contributed by atoms with E-state index in [1.54, 1.807) is 4.90 Å². The fourth-order valence-corrected chi connectivity index (χ4v) is 2.71. The molecular weight excluding hydrogens is 274 g/mol. The summed E-state index contributed by atoms with van der Waals surface area (Å²) in [5.41, 5.74) is 0.466. The third-order valence-corrected chi connectivity index (χ3v) is 3.65. The van der Waals surface area contributed by atoms with Crippen LogP contribution in [0, 0.1) is 21.4 Å². The van der Waals surface area contributed by atoms with Gasteiger partial charge in [0.15, 0.2) is 0 Å². The van der Waals surface area contributed by atoms with E-state index < -0.39 is 10.9 Å². The SMILES string of the molecule is N#Cc1ccc(N2CCCCC2CC(=O)O)c([N+](=O)[O-])c1. The van der Waals surface area contributed by atoms with Crippen molar-refractivity contribution in [1.29, 1.82) is 5.26 Å². The van der Waals surface area contributed by atoms with Crippen molar-refractivity contribution in [3.05, 3.63) is 33.9 Å². The number of carboxylic acid groups (broad SMARTS) is 1. The predicted octanol–water partition coefficient (Wildman–Crippen LogP) is 2.30. The number of anilines is 1. The maximum absolute atomic E-state index is 11.2. The quantitative estimate of drug-likeness (QED) is 0.673. The molecule has 1 fully saturated rings. The third-order valence-electron chi connectivity index (χ3n) is 3.65. The van der Waals surface area contributed by atoms with Crippen LogP contribution in [0.25, 0.3) is 0 Å². The van der Waals surface area contributed by atoms with Gasteiger partial charge >= 0.3 is 5.97 Å². The molecule has 0 aliphatic carbocycles. The van der Waals surface area contributed by atoms with Gasteiger partial charge in [-0.25, -0.2) is 0 Å². The lowest BCUT2D eigenvalue weighted by Gasteiger charge is -2.36. The Bertz CT molecular complexity index is 609. The average Bonchev–Trinajstić information content (AvgIpc) is 2.46. The molecular formula is C14H15N3O4. The van der Waals surface area contributed by atoms with Gasteiger partial charge in [-0.05, 0) is 31.4 Å². The molecule has 1 heterocycles. The third kappa shape index (κ3) is 3.28. The van der Waals surface area contributed by atoms with Crippen LogP contribution in [-0.2, 0) is 4.79 Å². The summed E-state index contributed by atoms with van der Waals surface area (Å²) < 4.78 is 0. The van der Waals surface area contributed by atoms with Gasteiger partial charge in [0.1, 0.15) is 5.69 Å². The number of hydrogen-bond acceptors (Lipinski definition) is 5. The van der Waals surface area contributed by atoms with Crippen LogP contribution in [0.4, 0.5) is 11.4 Å². The molecule has 1 N–H and O–H groups in total. The van der Waals surface area contributed by atoms with Crippen molar-refractivity contribution < 1.29 is 14.8 Å². The second-order valence-corrected chi connectivity index (χ2v) is 5.01. The van der Waals surface area contributed by atoms with Crippen molar-refractivity contribution in [3.63, 3.8) is 0 Å². The van der Waals surface area contributed by atoms with Gasteiger partial charge in [0.05, 0.1) is 23.0 Å². The van der Waals surface area contributed by atoms with Crippen molar-refractivity contribution >= 4 is 17.3 Å². The average molecular weight is 289 g/mol. The summed E-state index contributed by atoms with van der Waals surface area (Å²) in [6, 6.07) is 5.93. The molecule has 1 atom stereocenters. The monoisotopic (exact) mass is 289 g/mol. The molecule has 1 aliphatic heterocycles. The zero-order valence-electron chi connectivity index (χ0n) is 11.4. The van der Waals surface area contributed by atoms with Gasteiger partial charge in [0.2, 0.25) is 0 Å². The van der Waals surface area contributed by atoms with Gasteiger partial charge in [-0.1, -0.05) is 0 Å². The summed E-state index contributed by atoms with van der Waals surface area (Å²) in [5, 5.41) is 29.1. The number of carboxylic acids is 1. The predicted molar refractivity (Wildman–Crippen MR) is 75.0 cm³/mol. The first-order valence-corrected chi connectivity index (χ1v) is 6.70. The second kappa shape index (κ2) is 6.22. The molecule has 110 valence electrons. The maximum atomic E-state index is 11.2. The van der Waals surface area contributed by atoms with E-state index in [-0.39, 0.29) is 23.7 Å². The topological polar surface area (TPSA) is 107 Å². The van der Waals surface area contributed by atoms with Crippen LogP contribution >= 0.6 is 0 Å². The molecule has 1 aliphatic rings. The highest BCUT2D eigenvalue weighted by Gasteiger charge is 2.29. The molecule has 21 heavy (non-hydrogen) atoms. The van der Waals surface area contributed by atoms with E-state index in [0.29, 0.717) is 18.7 Å². The van der Waals surface area contributed by atoms with E-state index >= 15 is 0 Å². The molecule has 0 spiro atoms. The molecule has 0 aromatic heterocycles. The zero-order chi connectivity index (χ0) is 15.4. The Morgan fingerprint density at radius 1 is 1.52 bits per heavy atom. The molecule has 7 nitrogen and oxygen atoms in total. The van der Waals surface area contributed by atoms with Crippen LogP contribution in [0.5, 0.6) is 0 Å². The van der Waals surface area contributed by atoms with Crippen LogP contribution in [0.15, 0.2) is 18.2 Å². The Morgan fingerprint density at radius 2 is 2.29 bits per heavy atom. The Hall–Kier alpha value is -2.62. The smallest absolute Gasteiger partial charge is 0.305 e. The van der Waals surface area contributed by atoms with Gasteiger partial charge in [-0.15, -0.1) is 0 Å². The van der Waals surface area contributed by atoms with Crippen LogP contribution in [0.1, 0.15) is 31.2 Å². The molecule has 0 saturated carbocycles. The largest absolute Gasteiger partial charge is 0.481 e. The highest BCUT2D eigenvalue weighted by molar-refractivity contribution is 5.71. The number of benzene rings is 1. The molecule has 2 rings (SSSR count). The van der Waals surface area contributed by atoms with Crippen LogP contribution < -0.4 is 4.90 Å². The van der Waals surface area contributed by atoms with E-state index in [9.17, 15) is 14.9 Å². The molecule has 1 unspecified atom stereocenters. The van der Waals surface area contributed by atoms with Crippen molar-refractivity contribution in [1.82, 2.24) is 0 Å². The van der Waals surface area contributed by atoms with Crippen LogP contribution in [-0.4, -0.2) is 28.6 Å². The normalized spacial score (nSPS) is 18.0. The second-order valence-electron chi connectivity index (χ2n) is 5.01. The Balaban J connectivity index is 2.40. The van der Waals surface area contributed by atoms with Gasteiger partial charge < -0.3 is 10.0 Å². The van der Waals surface area contributed by atoms with E-state index in [2.05, 4.69) is 0 Å². The lowest BCUT2D eigenvalue weighted by Crippen LogP contribution is -2.41. The number of nitro benzene ring substituents is 1. The molecule has 0 bridgehead atoms. The molecule has 0 amide bonds.